The molecule has 80 valence electrons. The van der Waals surface area contributed by atoms with Gasteiger partial charge in [-0.05, 0) is 0 Å². The van der Waals surface area contributed by atoms with E-state index in [4.69, 9.17) is 0 Å². The smallest absolute Gasteiger partial charge is 0.790 e. The molecule has 0 aromatic heterocycles. The van der Waals surface area contributed by atoms with Gasteiger partial charge >= 0.3 is 257 Å². The summed E-state index contributed by atoms with van der Waals surface area (Å²) in [6, 6.07) is 0. The van der Waals surface area contributed by atoms with Crippen LogP contribution in [-0.2, 0) is 22.3 Å². The van der Waals surface area contributed by atoms with E-state index in [9.17, 15) is 38.2 Å². The second-order valence-corrected chi connectivity index (χ2v) is 5.49. The molecule has 0 N–H and O–H groups in total. The molecule has 18 heteroatoms. The zero-order valence-electron chi connectivity index (χ0n) is 10.4. The summed E-state index contributed by atoms with van der Waals surface area (Å²) in [5.74, 6) is 0. The van der Waals surface area contributed by atoms with Crippen molar-refractivity contribution in [2.75, 3.05) is 0 Å². The second-order valence-electron chi connectivity index (χ2n) is 1.50. The molecule has 0 aromatic rings. The topological polar surface area (TPSA) is 185 Å². The molecule has 0 aliphatic heterocycles. The Morgan fingerprint density at radius 3 is 0.833 bits per heavy atom. The Hall–Kier alpha value is 8.59. The van der Waals surface area contributed by atoms with Crippen molar-refractivity contribution in [3.05, 3.63) is 0 Å². The van der Waals surface area contributed by atoms with E-state index in [1.807, 2.05) is 0 Å². The van der Waals surface area contributed by atoms with Crippen LogP contribution in [0, 0.1) is 0 Å². The minimum absolute atomic E-state index is 0. The van der Waals surface area contributed by atoms with Gasteiger partial charge in [-0.1, -0.05) is 0 Å². The summed E-state index contributed by atoms with van der Waals surface area (Å²) in [6.07, 6.45) is 0. The van der Waals surface area contributed by atoms with Crippen molar-refractivity contribution in [3.8, 4) is 0 Å². The normalized spacial score (nSPS) is 10.5. The number of phosphoric acid groups is 3. The van der Waals surface area contributed by atoms with E-state index in [1.165, 1.54) is 0 Å². The SMILES string of the molecule is O=P([O-])([O-])OP(=O)([O-])OP(=O)([O-])[O-].[K+].[K+].[K+].[K+].[K+]. The predicted octanol–water partition coefficient (Wildman–Crippen LogP) is -18.8. The van der Waals surface area contributed by atoms with Gasteiger partial charge in [-0.2, -0.15) is 0 Å². The van der Waals surface area contributed by atoms with Crippen LogP contribution in [0.1, 0.15) is 0 Å². The average Bonchev–Trinajstić information content (AvgIpc) is 1.43. The van der Waals surface area contributed by atoms with Crippen LogP contribution >= 0.6 is 23.5 Å². The number of rotatable bonds is 4. The van der Waals surface area contributed by atoms with Gasteiger partial charge in [0.1, 0.15) is 0 Å². The molecule has 0 amide bonds. The van der Waals surface area contributed by atoms with Crippen molar-refractivity contribution in [3.63, 3.8) is 0 Å². The summed E-state index contributed by atoms with van der Waals surface area (Å²) < 4.78 is 34.7. The molecule has 0 aliphatic rings. The molecule has 0 radical (unpaired) electrons. The Morgan fingerprint density at radius 1 is 0.556 bits per heavy atom. The van der Waals surface area contributed by atoms with Gasteiger partial charge in [0, 0.05) is 0 Å². The van der Waals surface area contributed by atoms with Crippen LogP contribution in [0.2, 0.25) is 0 Å². The predicted molar refractivity (Wildman–Crippen MR) is 25.0 cm³/mol. The van der Waals surface area contributed by atoms with Crippen LogP contribution in [0.25, 0.3) is 0 Å². The molecule has 0 heterocycles. The van der Waals surface area contributed by atoms with E-state index in [1.54, 1.807) is 0 Å². The first-order valence-corrected chi connectivity index (χ1v) is 6.57. The first kappa shape index (κ1) is 41.1. The van der Waals surface area contributed by atoms with E-state index < -0.39 is 23.5 Å². The third kappa shape index (κ3) is 32.3. The minimum atomic E-state index is -5.97. The molecule has 0 bridgehead atoms. The standard InChI is InChI=1S/5K.H5O10P3/c;;;;;1-11(2,3)9-13(7,8)10-12(4,5)6/h;;;;;(H,7,8)(H2,1,2,3)(H2,4,5,6)/q5*+1;/p-5. The van der Waals surface area contributed by atoms with E-state index in [0.717, 1.165) is 0 Å². The summed E-state index contributed by atoms with van der Waals surface area (Å²) in [4.78, 5) is 48.6. The zero-order valence-corrected chi connectivity index (χ0v) is 28.7. The minimum Gasteiger partial charge on any atom is -0.790 e. The van der Waals surface area contributed by atoms with Crippen molar-refractivity contribution in [2.45, 2.75) is 0 Å². The maximum atomic E-state index is 10.1. The quantitative estimate of drug-likeness (QED) is 0.295. The molecule has 0 aromatic carbocycles. The Morgan fingerprint density at radius 2 is 0.722 bits per heavy atom. The average molecular weight is 448 g/mol. The van der Waals surface area contributed by atoms with Crippen molar-refractivity contribution in [2.24, 2.45) is 0 Å². The van der Waals surface area contributed by atoms with Crippen LogP contribution in [0.4, 0.5) is 0 Å². The largest absolute Gasteiger partial charge is 1.00 e. The zero-order chi connectivity index (χ0) is 10.9. The van der Waals surface area contributed by atoms with E-state index in [0.29, 0.717) is 0 Å². The van der Waals surface area contributed by atoms with Crippen LogP contribution < -0.4 is 281 Å². The van der Waals surface area contributed by atoms with Crippen LogP contribution in [0.5, 0.6) is 0 Å². The van der Waals surface area contributed by atoms with Gasteiger partial charge < -0.3 is 33.6 Å². The Balaban J connectivity index is -0.0000000720. The fourth-order valence-corrected chi connectivity index (χ4v) is 2.61. The molecular formula is K5O10P3. The molecule has 0 rings (SSSR count). The first-order chi connectivity index (χ1) is 5.41. The third-order valence-corrected chi connectivity index (χ3v) is 3.60. The second kappa shape index (κ2) is 18.9. The monoisotopic (exact) mass is 448 g/mol. The van der Waals surface area contributed by atoms with Gasteiger partial charge in [-0.25, -0.2) is 0 Å². The van der Waals surface area contributed by atoms with Gasteiger partial charge in [0.2, 0.25) is 0 Å². The molecule has 10 nitrogen and oxygen atoms in total. The Kier molecular flexibility index (Phi) is 43.2. The molecule has 0 saturated heterocycles. The third-order valence-electron chi connectivity index (χ3n) is 0.400. The van der Waals surface area contributed by atoms with Gasteiger partial charge in [-0.3, -0.25) is 13.2 Å². The van der Waals surface area contributed by atoms with Gasteiger partial charge in [0.05, 0.1) is 15.6 Å². The summed E-state index contributed by atoms with van der Waals surface area (Å²) in [7, 11) is -17.9. The fourth-order valence-electron chi connectivity index (χ4n) is 0.260. The van der Waals surface area contributed by atoms with Gasteiger partial charge in [0.25, 0.3) is 7.82 Å². The van der Waals surface area contributed by atoms with Gasteiger partial charge in [-0.15, -0.1) is 0 Å². The first-order valence-electron chi connectivity index (χ1n) is 2.19. The molecule has 0 saturated carbocycles. The molecule has 0 atom stereocenters. The van der Waals surface area contributed by atoms with Crippen molar-refractivity contribution < 1.29 is 304 Å². The molecule has 0 aliphatic carbocycles. The maximum Gasteiger partial charge on any atom is 1.00 e. The van der Waals surface area contributed by atoms with E-state index in [2.05, 4.69) is 8.62 Å². The van der Waals surface area contributed by atoms with E-state index >= 15 is 0 Å². The van der Waals surface area contributed by atoms with Gasteiger partial charge in [0.15, 0.2) is 0 Å². The number of hydrogen-bond acceptors (Lipinski definition) is 10. The summed E-state index contributed by atoms with van der Waals surface area (Å²) >= 11 is 0. The summed E-state index contributed by atoms with van der Waals surface area (Å²) in [5.41, 5.74) is 0. The fraction of sp³-hybridized carbons (Fsp3) is 0. The van der Waals surface area contributed by atoms with Crippen LogP contribution in [0.15, 0.2) is 0 Å². The molecule has 18 heavy (non-hydrogen) atoms. The number of hydrogen-bond donors (Lipinski definition) is 0. The van der Waals surface area contributed by atoms with Crippen LogP contribution in [0.3, 0.4) is 0 Å². The van der Waals surface area contributed by atoms with Crippen molar-refractivity contribution in [1.82, 2.24) is 0 Å². The molecule has 0 unspecified atom stereocenters. The van der Waals surface area contributed by atoms with E-state index in [-0.39, 0.29) is 257 Å². The summed E-state index contributed by atoms with van der Waals surface area (Å²) in [6.45, 7) is 0. The molecular weight excluding hydrogens is 448 g/mol. The summed E-state index contributed by atoms with van der Waals surface area (Å²) in [5, 5.41) is 0. The van der Waals surface area contributed by atoms with Crippen LogP contribution in [-0.4, -0.2) is 0 Å². The Labute approximate surface area is 316 Å². The molecule has 0 fully saturated rings. The van der Waals surface area contributed by atoms with Crippen molar-refractivity contribution >= 4 is 23.5 Å². The maximum absolute atomic E-state index is 10.1. The molecule has 0 spiro atoms. The Bertz CT molecular complexity index is 287. The van der Waals surface area contributed by atoms with Crippen molar-refractivity contribution in [1.29, 1.82) is 0 Å².